The quantitative estimate of drug-likeness (QED) is 0.662. The standard InChI is InChI=1S/C21H18N2O5S/c1-29(24,25)21-12-11-18(14-22-21)27-20-13-19(28-23-20)15-7-9-17(10-8-15)26-16-5-3-2-4-6-16/h2-14,19,23H,1H3/t19-/m1/s1. The first-order valence-corrected chi connectivity index (χ1v) is 10.7. The summed E-state index contributed by atoms with van der Waals surface area (Å²) in [4.78, 5) is 9.43. The molecule has 0 amide bonds. The van der Waals surface area contributed by atoms with Gasteiger partial charge in [0.1, 0.15) is 23.4 Å². The Morgan fingerprint density at radius 3 is 2.24 bits per heavy atom. The summed E-state index contributed by atoms with van der Waals surface area (Å²) >= 11 is 0. The fraction of sp³-hybridized carbons (Fsp3) is 0.0952. The number of ether oxygens (including phenoxy) is 2. The lowest BCUT2D eigenvalue weighted by Gasteiger charge is -2.09. The minimum atomic E-state index is -3.35. The van der Waals surface area contributed by atoms with Gasteiger partial charge in [0.15, 0.2) is 14.9 Å². The molecular formula is C21H18N2O5S. The highest BCUT2D eigenvalue weighted by molar-refractivity contribution is 7.90. The average molecular weight is 410 g/mol. The third-order valence-corrected chi connectivity index (χ3v) is 5.09. The maximum absolute atomic E-state index is 11.5. The van der Waals surface area contributed by atoms with Gasteiger partial charge in [-0.25, -0.2) is 18.9 Å². The number of para-hydroxylation sites is 1. The second-order valence-corrected chi connectivity index (χ2v) is 8.32. The van der Waals surface area contributed by atoms with Crippen LogP contribution in [0, 0.1) is 0 Å². The van der Waals surface area contributed by atoms with Gasteiger partial charge in [-0.2, -0.15) is 0 Å². The zero-order chi connectivity index (χ0) is 20.3. The molecule has 3 aromatic rings. The third-order valence-electron chi connectivity index (χ3n) is 4.09. The van der Waals surface area contributed by atoms with Crippen LogP contribution >= 0.6 is 0 Å². The average Bonchev–Trinajstić information content (AvgIpc) is 3.17. The van der Waals surface area contributed by atoms with Gasteiger partial charge in [-0.05, 0) is 42.0 Å². The molecule has 0 aliphatic carbocycles. The molecule has 0 saturated heterocycles. The maximum Gasteiger partial charge on any atom is 0.216 e. The van der Waals surface area contributed by atoms with Gasteiger partial charge in [-0.1, -0.05) is 30.3 Å². The molecule has 4 rings (SSSR count). The van der Waals surface area contributed by atoms with Crippen molar-refractivity contribution in [2.45, 2.75) is 11.1 Å². The van der Waals surface area contributed by atoms with E-state index in [4.69, 9.17) is 14.3 Å². The van der Waals surface area contributed by atoms with E-state index >= 15 is 0 Å². The van der Waals surface area contributed by atoms with Gasteiger partial charge in [0.2, 0.25) is 5.88 Å². The number of sulfone groups is 1. The summed E-state index contributed by atoms with van der Waals surface area (Å²) in [6.45, 7) is 0. The molecule has 1 aromatic heterocycles. The Labute approximate surface area is 168 Å². The lowest BCUT2D eigenvalue weighted by atomic mass is 10.1. The third kappa shape index (κ3) is 4.74. The van der Waals surface area contributed by atoms with E-state index < -0.39 is 9.84 Å². The molecule has 2 aromatic carbocycles. The lowest BCUT2D eigenvalue weighted by molar-refractivity contribution is 0.0273. The number of pyridine rings is 1. The van der Waals surface area contributed by atoms with Gasteiger partial charge in [-0.3, -0.25) is 4.84 Å². The molecule has 1 N–H and O–H groups in total. The van der Waals surface area contributed by atoms with Crippen LogP contribution in [0.5, 0.6) is 17.2 Å². The predicted molar refractivity (Wildman–Crippen MR) is 106 cm³/mol. The SMILES string of the molecule is CS(=O)(=O)c1ccc(OC2=C[C@H](c3ccc(Oc4ccccc4)cc3)ON2)cn1. The first kappa shape index (κ1) is 19.0. The van der Waals surface area contributed by atoms with E-state index in [0.717, 1.165) is 23.3 Å². The molecule has 1 aliphatic rings. The van der Waals surface area contributed by atoms with Crippen LogP contribution in [0.3, 0.4) is 0 Å². The van der Waals surface area contributed by atoms with Crippen molar-refractivity contribution in [1.29, 1.82) is 0 Å². The molecule has 0 fully saturated rings. The van der Waals surface area contributed by atoms with E-state index in [1.165, 1.54) is 18.3 Å². The van der Waals surface area contributed by atoms with Crippen LogP contribution in [0.15, 0.2) is 89.9 Å². The molecule has 0 spiro atoms. The fourth-order valence-electron chi connectivity index (χ4n) is 2.67. The van der Waals surface area contributed by atoms with E-state index in [1.807, 2.05) is 54.6 Å². The van der Waals surface area contributed by atoms with Crippen LogP contribution in [0.2, 0.25) is 0 Å². The Kier molecular flexibility index (Phi) is 5.20. The van der Waals surface area contributed by atoms with Crippen LogP contribution in [0.4, 0.5) is 0 Å². The van der Waals surface area contributed by atoms with Crippen LogP contribution in [-0.4, -0.2) is 19.7 Å². The van der Waals surface area contributed by atoms with Crippen molar-refractivity contribution in [1.82, 2.24) is 10.5 Å². The molecule has 0 radical (unpaired) electrons. The monoisotopic (exact) mass is 410 g/mol. The van der Waals surface area contributed by atoms with Gasteiger partial charge in [0, 0.05) is 12.3 Å². The van der Waals surface area contributed by atoms with Crippen LogP contribution in [-0.2, 0) is 14.7 Å². The molecule has 148 valence electrons. The Balaban J connectivity index is 1.40. The van der Waals surface area contributed by atoms with Gasteiger partial charge in [0.25, 0.3) is 0 Å². The Hall–Kier alpha value is -3.36. The molecule has 8 heteroatoms. The first-order chi connectivity index (χ1) is 14.0. The second-order valence-electron chi connectivity index (χ2n) is 6.36. The number of aromatic nitrogens is 1. The van der Waals surface area contributed by atoms with Crippen molar-refractivity contribution < 1.29 is 22.7 Å². The number of rotatable bonds is 6. The van der Waals surface area contributed by atoms with Gasteiger partial charge < -0.3 is 9.47 Å². The molecule has 7 nitrogen and oxygen atoms in total. The Morgan fingerprint density at radius 1 is 0.897 bits per heavy atom. The molecule has 1 atom stereocenters. The zero-order valence-electron chi connectivity index (χ0n) is 15.5. The Morgan fingerprint density at radius 2 is 1.59 bits per heavy atom. The van der Waals surface area contributed by atoms with E-state index in [9.17, 15) is 8.42 Å². The summed E-state index contributed by atoms with van der Waals surface area (Å²) < 4.78 is 34.3. The lowest BCUT2D eigenvalue weighted by Crippen LogP contribution is -2.12. The van der Waals surface area contributed by atoms with Crippen LogP contribution < -0.4 is 15.0 Å². The Bertz CT molecular complexity index is 1110. The number of benzene rings is 2. The van der Waals surface area contributed by atoms with Crippen molar-refractivity contribution in [3.8, 4) is 17.2 Å². The summed E-state index contributed by atoms with van der Waals surface area (Å²) in [5.41, 5.74) is 3.63. The normalized spacial score (nSPS) is 16.0. The van der Waals surface area contributed by atoms with Crippen LogP contribution in [0.1, 0.15) is 11.7 Å². The van der Waals surface area contributed by atoms with Crippen molar-refractivity contribution in [2.75, 3.05) is 6.26 Å². The smallest absolute Gasteiger partial charge is 0.216 e. The van der Waals surface area contributed by atoms with E-state index in [1.54, 1.807) is 6.08 Å². The predicted octanol–water partition coefficient (Wildman–Crippen LogP) is 3.77. The summed E-state index contributed by atoms with van der Waals surface area (Å²) in [6, 6.07) is 20.0. The number of nitrogens with zero attached hydrogens (tertiary/aromatic N) is 1. The molecule has 0 unspecified atom stereocenters. The van der Waals surface area contributed by atoms with Crippen LogP contribution in [0.25, 0.3) is 0 Å². The summed E-state index contributed by atoms with van der Waals surface area (Å²) in [5.74, 6) is 2.29. The van der Waals surface area contributed by atoms with Gasteiger partial charge >= 0.3 is 0 Å². The number of nitrogens with one attached hydrogen (secondary N) is 1. The highest BCUT2D eigenvalue weighted by Crippen LogP contribution is 2.28. The molecule has 1 aliphatic heterocycles. The van der Waals surface area contributed by atoms with Gasteiger partial charge in [0.05, 0.1) is 6.20 Å². The molecule has 29 heavy (non-hydrogen) atoms. The number of hydrogen-bond acceptors (Lipinski definition) is 7. The highest BCUT2D eigenvalue weighted by atomic mass is 32.2. The molecule has 0 saturated carbocycles. The summed E-state index contributed by atoms with van der Waals surface area (Å²) in [6.07, 6.45) is 3.89. The second kappa shape index (κ2) is 7.94. The largest absolute Gasteiger partial charge is 0.457 e. The van der Waals surface area contributed by atoms with E-state index in [0.29, 0.717) is 11.6 Å². The van der Waals surface area contributed by atoms with Gasteiger partial charge in [-0.15, -0.1) is 0 Å². The topological polar surface area (TPSA) is 86.8 Å². The maximum atomic E-state index is 11.5. The van der Waals surface area contributed by atoms with Crippen molar-refractivity contribution in [2.24, 2.45) is 0 Å². The first-order valence-electron chi connectivity index (χ1n) is 8.78. The van der Waals surface area contributed by atoms with E-state index in [2.05, 4.69) is 10.5 Å². The van der Waals surface area contributed by atoms with Crippen molar-refractivity contribution >= 4 is 9.84 Å². The van der Waals surface area contributed by atoms with E-state index in [-0.39, 0.29) is 11.1 Å². The molecule has 0 bridgehead atoms. The molecule has 2 heterocycles. The minimum absolute atomic E-state index is 0.00912. The zero-order valence-corrected chi connectivity index (χ0v) is 16.3. The number of hydroxylamine groups is 1. The van der Waals surface area contributed by atoms with Crippen molar-refractivity contribution in [3.05, 3.63) is 90.4 Å². The summed E-state index contributed by atoms with van der Waals surface area (Å²) in [5, 5.41) is -0.00912. The highest BCUT2D eigenvalue weighted by Gasteiger charge is 2.20. The molecular weight excluding hydrogens is 392 g/mol. The fourth-order valence-corrected chi connectivity index (χ4v) is 3.23. The number of hydrogen-bond donors (Lipinski definition) is 1. The minimum Gasteiger partial charge on any atom is -0.457 e. The summed E-state index contributed by atoms with van der Waals surface area (Å²) in [7, 11) is -3.35. The van der Waals surface area contributed by atoms with Crippen molar-refractivity contribution in [3.63, 3.8) is 0 Å².